The molecule has 2 aromatic carbocycles. The number of aryl methyl sites for hydroxylation is 2. The van der Waals surface area contributed by atoms with Crippen LogP contribution in [0.25, 0.3) is 6.08 Å². The summed E-state index contributed by atoms with van der Waals surface area (Å²) in [7, 11) is 0. The average Bonchev–Trinajstić information content (AvgIpc) is 2.68. The fourth-order valence-corrected chi connectivity index (χ4v) is 4.86. The molecule has 0 unspecified atom stereocenters. The Bertz CT molecular complexity index is 943. The monoisotopic (exact) mass is 495 g/mol. The lowest BCUT2D eigenvalue weighted by Crippen LogP contribution is -2.40. The highest BCUT2D eigenvalue weighted by atomic mass is 79.9. The molecule has 1 amide bonds. The quantitative estimate of drug-likeness (QED) is 0.484. The Hall–Kier alpha value is -1.33. The first kappa shape index (κ1) is 22.4. The van der Waals surface area contributed by atoms with E-state index < -0.39 is 0 Å². The van der Waals surface area contributed by atoms with Crippen molar-refractivity contribution in [3.8, 4) is 0 Å². The third-order valence-corrected chi connectivity index (χ3v) is 6.36. The number of morpholine rings is 1. The molecule has 1 aliphatic rings. The van der Waals surface area contributed by atoms with Crippen molar-refractivity contribution in [2.24, 2.45) is 0 Å². The molecule has 0 N–H and O–H groups in total. The maximum absolute atomic E-state index is 12.9. The minimum atomic E-state index is -0.0718. The number of carbonyl (C=O) groups is 1. The Balaban J connectivity index is 1.90. The number of halogens is 3. The van der Waals surface area contributed by atoms with Crippen molar-refractivity contribution in [3.05, 3.63) is 72.2 Å². The van der Waals surface area contributed by atoms with E-state index in [4.69, 9.17) is 27.9 Å². The summed E-state index contributed by atoms with van der Waals surface area (Å²) in [6.07, 6.45) is 2.75. The van der Waals surface area contributed by atoms with Crippen LogP contribution in [0.5, 0.6) is 0 Å². The fraction of sp³-hybridized carbons (Fsp3) is 0.348. The molecule has 0 aromatic heterocycles. The smallest absolute Gasteiger partial charge is 0.255 e. The molecule has 29 heavy (non-hydrogen) atoms. The molecule has 1 heterocycles. The number of benzene rings is 2. The molecule has 0 radical (unpaired) electrons. The van der Waals surface area contributed by atoms with E-state index in [1.807, 2.05) is 0 Å². The number of rotatable bonds is 4. The lowest BCUT2D eigenvalue weighted by Gasteiger charge is -2.27. The van der Waals surface area contributed by atoms with E-state index in [1.54, 1.807) is 17.0 Å². The highest BCUT2D eigenvalue weighted by Gasteiger charge is 2.23. The zero-order chi connectivity index (χ0) is 21.1. The number of nitrogens with zero attached hydrogens (tertiary/aromatic N) is 1. The molecule has 3 nitrogen and oxygen atoms in total. The molecule has 0 atom stereocenters. The normalized spacial score (nSPS) is 15.0. The van der Waals surface area contributed by atoms with Gasteiger partial charge in [0.05, 0.1) is 23.8 Å². The predicted molar refractivity (Wildman–Crippen MR) is 124 cm³/mol. The van der Waals surface area contributed by atoms with Gasteiger partial charge in [-0.2, -0.15) is 0 Å². The van der Waals surface area contributed by atoms with Gasteiger partial charge < -0.3 is 9.64 Å². The van der Waals surface area contributed by atoms with Gasteiger partial charge in [-0.3, -0.25) is 4.79 Å². The molecule has 0 saturated carbocycles. The summed E-state index contributed by atoms with van der Waals surface area (Å²) in [5.74, 6) is -0.0718. The second-order valence-corrected chi connectivity index (χ2v) is 9.11. The summed E-state index contributed by atoms with van der Waals surface area (Å²) in [6, 6.07) is 7.69. The Morgan fingerprint density at radius 2 is 1.79 bits per heavy atom. The largest absolute Gasteiger partial charge is 0.378 e. The van der Waals surface area contributed by atoms with Gasteiger partial charge in [0, 0.05) is 22.6 Å². The van der Waals surface area contributed by atoms with Gasteiger partial charge in [-0.15, -0.1) is 0 Å². The maximum atomic E-state index is 12.9. The highest BCUT2D eigenvalue weighted by Crippen LogP contribution is 2.32. The third-order valence-electron chi connectivity index (χ3n) is 5.12. The predicted octanol–water partition coefficient (Wildman–Crippen LogP) is 6.49. The summed E-state index contributed by atoms with van der Waals surface area (Å²) in [4.78, 5) is 14.7. The second kappa shape index (κ2) is 9.65. The minimum absolute atomic E-state index is 0.0718. The molecule has 2 aromatic rings. The van der Waals surface area contributed by atoms with Crippen LogP contribution in [-0.2, 0) is 11.2 Å². The first-order valence-corrected chi connectivity index (χ1v) is 11.1. The van der Waals surface area contributed by atoms with Gasteiger partial charge in [-0.05, 0) is 73.7 Å². The summed E-state index contributed by atoms with van der Waals surface area (Å²) in [5, 5.41) is 1.01. The Labute approximate surface area is 190 Å². The van der Waals surface area contributed by atoms with E-state index in [9.17, 15) is 4.79 Å². The zero-order valence-electron chi connectivity index (χ0n) is 16.8. The van der Waals surface area contributed by atoms with Crippen LogP contribution in [0.4, 0.5) is 0 Å². The van der Waals surface area contributed by atoms with Gasteiger partial charge in [-0.25, -0.2) is 0 Å². The average molecular weight is 497 g/mol. The molecule has 154 valence electrons. The van der Waals surface area contributed by atoms with Crippen LogP contribution in [-0.4, -0.2) is 37.1 Å². The Morgan fingerprint density at radius 1 is 1.17 bits per heavy atom. The first-order valence-electron chi connectivity index (χ1n) is 9.55. The van der Waals surface area contributed by atoms with E-state index in [0.717, 1.165) is 15.6 Å². The van der Waals surface area contributed by atoms with Crippen molar-refractivity contribution in [1.82, 2.24) is 4.90 Å². The number of amides is 1. The number of hydrogen-bond donors (Lipinski definition) is 0. The van der Waals surface area contributed by atoms with Gasteiger partial charge in [0.2, 0.25) is 0 Å². The molecule has 0 bridgehead atoms. The molecular formula is C23H24BrCl2NO2. The van der Waals surface area contributed by atoms with Gasteiger partial charge in [0.15, 0.2) is 0 Å². The molecule has 0 aliphatic carbocycles. The van der Waals surface area contributed by atoms with Crippen molar-refractivity contribution in [2.45, 2.75) is 27.2 Å². The molecule has 1 saturated heterocycles. The molecular weight excluding hydrogens is 473 g/mol. The topological polar surface area (TPSA) is 29.5 Å². The fourth-order valence-electron chi connectivity index (χ4n) is 3.59. The second-order valence-electron chi connectivity index (χ2n) is 7.41. The van der Waals surface area contributed by atoms with Gasteiger partial charge in [0.25, 0.3) is 5.91 Å². The van der Waals surface area contributed by atoms with Crippen LogP contribution in [0.15, 0.2) is 34.3 Å². The third kappa shape index (κ3) is 5.24. The summed E-state index contributed by atoms with van der Waals surface area (Å²) < 4.78 is 6.41. The van der Waals surface area contributed by atoms with Crippen LogP contribution >= 0.6 is 39.1 Å². The van der Waals surface area contributed by atoms with E-state index >= 15 is 0 Å². The van der Waals surface area contributed by atoms with Crippen LogP contribution in [0.3, 0.4) is 0 Å². The molecule has 6 heteroatoms. The molecule has 1 aliphatic heterocycles. The van der Waals surface area contributed by atoms with Crippen LogP contribution in [0, 0.1) is 13.8 Å². The summed E-state index contributed by atoms with van der Waals surface area (Å²) in [6.45, 7) is 8.51. The standard InChI is InChI=1S/C23H24BrCl2NO2/c1-14(10-19-15(2)12-17(24)13-16(19)3)11-20-21(25)5-4-18(22(20)26)23(28)27-6-8-29-9-7-27/h4-5,10,12-13H,6-9,11H2,1-3H3/b14-10+. The number of allylic oxidation sites excluding steroid dienone is 1. The lowest BCUT2D eigenvalue weighted by atomic mass is 9.97. The van der Waals surface area contributed by atoms with Crippen molar-refractivity contribution in [3.63, 3.8) is 0 Å². The van der Waals surface area contributed by atoms with Crippen LogP contribution in [0.2, 0.25) is 10.0 Å². The number of hydrogen-bond acceptors (Lipinski definition) is 2. The highest BCUT2D eigenvalue weighted by molar-refractivity contribution is 9.10. The van der Waals surface area contributed by atoms with Crippen LogP contribution in [0.1, 0.15) is 39.5 Å². The minimum Gasteiger partial charge on any atom is -0.378 e. The summed E-state index contributed by atoms with van der Waals surface area (Å²) >= 11 is 16.7. The van der Waals surface area contributed by atoms with E-state index in [-0.39, 0.29) is 5.91 Å². The lowest BCUT2D eigenvalue weighted by molar-refractivity contribution is 0.0303. The SMILES string of the molecule is C/C(=C\c1c(C)cc(Br)cc1C)Cc1c(Cl)ccc(C(=O)N2CCOCC2)c1Cl. The Kier molecular flexibility index (Phi) is 7.44. The van der Waals surface area contributed by atoms with Crippen molar-refractivity contribution in [2.75, 3.05) is 26.3 Å². The van der Waals surface area contributed by atoms with E-state index in [2.05, 4.69) is 54.9 Å². The molecule has 3 rings (SSSR count). The first-order chi connectivity index (χ1) is 13.8. The molecule has 0 spiro atoms. The van der Waals surface area contributed by atoms with Gasteiger partial charge in [0.1, 0.15) is 0 Å². The van der Waals surface area contributed by atoms with E-state index in [1.165, 1.54) is 16.7 Å². The zero-order valence-corrected chi connectivity index (χ0v) is 19.9. The van der Waals surface area contributed by atoms with Gasteiger partial charge >= 0.3 is 0 Å². The van der Waals surface area contributed by atoms with Crippen molar-refractivity contribution < 1.29 is 9.53 Å². The van der Waals surface area contributed by atoms with Crippen molar-refractivity contribution in [1.29, 1.82) is 0 Å². The number of carbonyl (C=O) groups excluding carboxylic acids is 1. The number of ether oxygens (including phenoxy) is 1. The molecule has 1 fully saturated rings. The Morgan fingerprint density at radius 3 is 2.41 bits per heavy atom. The van der Waals surface area contributed by atoms with Crippen LogP contribution < -0.4 is 0 Å². The van der Waals surface area contributed by atoms with Gasteiger partial charge in [-0.1, -0.05) is 50.8 Å². The van der Waals surface area contributed by atoms with Crippen molar-refractivity contribution >= 4 is 51.1 Å². The maximum Gasteiger partial charge on any atom is 0.255 e. The summed E-state index contributed by atoms with van der Waals surface area (Å²) in [5.41, 5.74) is 6.00. The van der Waals surface area contributed by atoms with E-state index in [0.29, 0.717) is 48.3 Å².